The number of rotatable bonds is 6. The average molecular weight is 638 g/mol. The highest BCUT2D eigenvalue weighted by molar-refractivity contribution is 5.97. The Labute approximate surface area is 291 Å². The van der Waals surface area contributed by atoms with Crippen molar-refractivity contribution in [2.75, 3.05) is 0 Å². The van der Waals surface area contributed by atoms with E-state index in [1.807, 2.05) is 12.1 Å². The lowest BCUT2D eigenvalue weighted by atomic mass is 10.0. The number of pyridine rings is 1. The quantitative estimate of drug-likeness (QED) is 0.170. The van der Waals surface area contributed by atoms with Crippen molar-refractivity contribution in [2.45, 2.75) is 0 Å². The van der Waals surface area contributed by atoms with Crippen molar-refractivity contribution >= 4 is 21.7 Å². The van der Waals surface area contributed by atoms with Crippen LogP contribution in [0.3, 0.4) is 0 Å². The van der Waals surface area contributed by atoms with Gasteiger partial charge in [-0.05, 0) is 57.3 Å². The second-order valence-electron chi connectivity index (χ2n) is 12.5. The van der Waals surface area contributed by atoms with Crippen LogP contribution in [0.1, 0.15) is 0 Å². The van der Waals surface area contributed by atoms with Gasteiger partial charge in [0.2, 0.25) is 0 Å². The third-order valence-corrected chi connectivity index (χ3v) is 9.30. The average Bonchev–Trinajstić information content (AvgIpc) is 3.20. The number of hydrogen-bond acceptors (Lipinski definition) is 3. The van der Waals surface area contributed by atoms with Gasteiger partial charge in [-0.3, -0.25) is 0 Å². The van der Waals surface area contributed by atoms with Crippen molar-refractivity contribution in [3.63, 3.8) is 0 Å². The Morgan fingerprint density at radius 2 is 0.660 bits per heavy atom. The van der Waals surface area contributed by atoms with E-state index in [1.165, 1.54) is 33.0 Å². The van der Waals surface area contributed by atoms with Crippen molar-refractivity contribution < 1.29 is 0 Å². The van der Waals surface area contributed by atoms with Crippen LogP contribution in [0.25, 0.3) is 89.1 Å². The molecule has 0 saturated heterocycles. The number of benzene rings is 7. The molecule has 0 amide bonds. The summed E-state index contributed by atoms with van der Waals surface area (Å²) in [4.78, 5) is 15.3. The van der Waals surface area contributed by atoms with Gasteiger partial charge in [-0.25, -0.2) is 15.0 Å². The van der Waals surface area contributed by atoms with E-state index in [0.29, 0.717) is 5.82 Å². The molecule has 0 spiro atoms. The van der Waals surface area contributed by atoms with Crippen LogP contribution in [-0.4, -0.2) is 15.0 Å². The SMILES string of the molecule is c1ccc(-c2ccc(-c3cc(-c4ccc(-c5ccccc5)cc4)nc(-c4ccc(-c5ccc6cc7ccccc7cc6n5)cc4)n3)cc2)cc1. The molecule has 9 rings (SSSR count). The second kappa shape index (κ2) is 12.7. The topological polar surface area (TPSA) is 38.7 Å². The fourth-order valence-electron chi connectivity index (χ4n) is 6.56. The predicted molar refractivity (Wildman–Crippen MR) is 207 cm³/mol. The van der Waals surface area contributed by atoms with Crippen LogP contribution in [0, 0.1) is 0 Å². The van der Waals surface area contributed by atoms with E-state index in [0.717, 1.165) is 50.2 Å². The normalized spacial score (nSPS) is 11.2. The molecule has 234 valence electrons. The van der Waals surface area contributed by atoms with Gasteiger partial charge in [0.25, 0.3) is 0 Å². The number of fused-ring (bicyclic) bond motifs is 2. The molecule has 2 heterocycles. The first-order valence-electron chi connectivity index (χ1n) is 16.8. The molecule has 0 saturated carbocycles. The van der Waals surface area contributed by atoms with Crippen LogP contribution in [0.4, 0.5) is 0 Å². The molecular weight excluding hydrogens is 607 g/mol. The highest BCUT2D eigenvalue weighted by atomic mass is 14.9. The standard InChI is InChI=1S/C47H31N3/c1-3-9-32(10-4-1)34-15-19-37(20-16-34)45-31-46(38-21-17-35(18-22-38)33-11-5-2-6-12-33)50-47(49-45)39-25-23-36(24-26-39)43-28-27-42-29-40-13-7-8-14-41(40)30-44(42)48-43/h1-31H. The van der Waals surface area contributed by atoms with Gasteiger partial charge in [0.05, 0.1) is 22.6 Å². The first-order chi connectivity index (χ1) is 24.7. The largest absolute Gasteiger partial charge is 0.248 e. The zero-order valence-corrected chi connectivity index (χ0v) is 27.2. The van der Waals surface area contributed by atoms with Gasteiger partial charge in [-0.15, -0.1) is 0 Å². The Bertz CT molecular complexity index is 2490. The summed E-state index contributed by atoms with van der Waals surface area (Å²) in [6.45, 7) is 0. The highest BCUT2D eigenvalue weighted by Gasteiger charge is 2.13. The highest BCUT2D eigenvalue weighted by Crippen LogP contribution is 2.32. The molecule has 0 bridgehead atoms. The third kappa shape index (κ3) is 5.82. The van der Waals surface area contributed by atoms with E-state index < -0.39 is 0 Å². The molecular formula is C47H31N3. The number of aromatic nitrogens is 3. The lowest BCUT2D eigenvalue weighted by Crippen LogP contribution is -1.96. The van der Waals surface area contributed by atoms with Crippen LogP contribution in [0.15, 0.2) is 188 Å². The van der Waals surface area contributed by atoms with Gasteiger partial charge in [0, 0.05) is 27.6 Å². The third-order valence-electron chi connectivity index (χ3n) is 9.30. The maximum absolute atomic E-state index is 5.11. The lowest BCUT2D eigenvalue weighted by Gasteiger charge is -2.11. The summed E-state index contributed by atoms with van der Waals surface area (Å²) in [6.07, 6.45) is 0. The molecule has 0 N–H and O–H groups in total. The summed E-state index contributed by atoms with van der Waals surface area (Å²) >= 11 is 0. The Kier molecular flexibility index (Phi) is 7.49. The molecule has 0 unspecified atom stereocenters. The maximum atomic E-state index is 5.11. The molecule has 7 aromatic carbocycles. The predicted octanol–water partition coefficient (Wildman–Crippen LogP) is 12.2. The Morgan fingerprint density at radius 3 is 1.20 bits per heavy atom. The van der Waals surface area contributed by atoms with Gasteiger partial charge in [0.15, 0.2) is 5.82 Å². The molecule has 0 fully saturated rings. The lowest BCUT2D eigenvalue weighted by molar-refractivity contribution is 1.18. The molecule has 0 aliphatic heterocycles. The second-order valence-corrected chi connectivity index (χ2v) is 12.5. The summed E-state index contributed by atoms with van der Waals surface area (Å²) in [5, 5.41) is 3.55. The van der Waals surface area contributed by atoms with E-state index in [1.54, 1.807) is 0 Å². The van der Waals surface area contributed by atoms with Crippen molar-refractivity contribution in [3.8, 4) is 67.4 Å². The molecule has 0 aliphatic carbocycles. The minimum absolute atomic E-state index is 0.682. The molecule has 2 aromatic heterocycles. The molecule has 0 radical (unpaired) electrons. The summed E-state index contributed by atoms with van der Waals surface area (Å²) in [5.41, 5.74) is 12.5. The molecule has 50 heavy (non-hydrogen) atoms. The van der Waals surface area contributed by atoms with Gasteiger partial charge in [-0.1, -0.05) is 164 Å². The molecule has 0 aliphatic rings. The van der Waals surface area contributed by atoms with Crippen LogP contribution in [-0.2, 0) is 0 Å². The monoisotopic (exact) mass is 637 g/mol. The smallest absolute Gasteiger partial charge is 0.160 e. The van der Waals surface area contributed by atoms with Gasteiger partial charge in [-0.2, -0.15) is 0 Å². The van der Waals surface area contributed by atoms with Crippen LogP contribution >= 0.6 is 0 Å². The summed E-state index contributed by atoms with van der Waals surface area (Å²) in [7, 11) is 0. The van der Waals surface area contributed by atoms with Crippen LogP contribution in [0.2, 0.25) is 0 Å². The Hall–Kier alpha value is -6.71. The fraction of sp³-hybridized carbons (Fsp3) is 0. The summed E-state index contributed by atoms with van der Waals surface area (Å²) in [6, 6.07) is 65.7. The molecule has 0 atom stereocenters. The minimum atomic E-state index is 0.682. The Balaban J connectivity index is 1.09. The first kappa shape index (κ1) is 29.4. The van der Waals surface area contributed by atoms with E-state index in [2.05, 4.69) is 176 Å². The van der Waals surface area contributed by atoms with E-state index in [4.69, 9.17) is 15.0 Å². The van der Waals surface area contributed by atoms with Crippen LogP contribution in [0.5, 0.6) is 0 Å². The van der Waals surface area contributed by atoms with Gasteiger partial charge in [0.1, 0.15) is 0 Å². The van der Waals surface area contributed by atoms with Gasteiger partial charge >= 0.3 is 0 Å². The van der Waals surface area contributed by atoms with E-state index >= 15 is 0 Å². The van der Waals surface area contributed by atoms with Crippen LogP contribution < -0.4 is 0 Å². The van der Waals surface area contributed by atoms with Crippen molar-refractivity contribution in [1.82, 2.24) is 15.0 Å². The fourth-order valence-corrected chi connectivity index (χ4v) is 6.56. The van der Waals surface area contributed by atoms with Crippen molar-refractivity contribution in [1.29, 1.82) is 0 Å². The maximum Gasteiger partial charge on any atom is 0.160 e. The van der Waals surface area contributed by atoms with Crippen molar-refractivity contribution in [2.24, 2.45) is 0 Å². The molecule has 9 aromatic rings. The summed E-state index contributed by atoms with van der Waals surface area (Å²) < 4.78 is 0. The molecule has 3 nitrogen and oxygen atoms in total. The number of nitrogens with zero attached hydrogens (tertiary/aromatic N) is 3. The zero-order valence-electron chi connectivity index (χ0n) is 27.2. The summed E-state index contributed by atoms with van der Waals surface area (Å²) in [5.74, 6) is 0.682. The van der Waals surface area contributed by atoms with Gasteiger partial charge < -0.3 is 0 Å². The van der Waals surface area contributed by atoms with Crippen molar-refractivity contribution in [3.05, 3.63) is 188 Å². The van der Waals surface area contributed by atoms with E-state index in [-0.39, 0.29) is 0 Å². The zero-order chi connectivity index (χ0) is 33.3. The minimum Gasteiger partial charge on any atom is -0.248 e. The number of hydrogen-bond donors (Lipinski definition) is 0. The Morgan fingerprint density at radius 1 is 0.240 bits per heavy atom. The molecule has 3 heteroatoms. The first-order valence-corrected chi connectivity index (χ1v) is 16.8. The van der Waals surface area contributed by atoms with E-state index in [9.17, 15) is 0 Å².